The standard InChI is InChI=1S/C23H38O3/c1-5-7-9-11-13-17(3)19-15-20(18(4)14-12-10-8-6-2)22(24)21(16-19)23(25)26/h15-18,24H,5-14H2,1-4H3,(H,25,26). The van der Waals surface area contributed by atoms with Gasteiger partial charge in [0.25, 0.3) is 0 Å². The molecule has 0 aliphatic rings. The second-order valence-electron chi connectivity index (χ2n) is 7.81. The van der Waals surface area contributed by atoms with E-state index in [1.54, 1.807) is 6.07 Å². The highest BCUT2D eigenvalue weighted by Crippen LogP contribution is 2.36. The van der Waals surface area contributed by atoms with Crippen LogP contribution in [0.25, 0.3) is 0 Å². The van der Waals surface area contributed by atoms with E-state index in [1.807, 2.05) is 0 Å². The maximum Gasteiger partial charge on any atom is 0.339 e. The third-order valence-electron chi connectivity index (χ3n) is 5.47. The van der Waals surface area contributed by atoms with E-state index in [0.29, 0.717) is 5.92 Å². The Labute approximate surface area is 159 Å². The predicted molar refractivity (Wildman–Crippen MR) is 109 cm³/mol. The van der Waals surface area contributed by atoms with Crippen molar-refractivity contribution in [2.75, 3.05) is 0 Å². The maximum absolute atomic E-state index is 11.6. The van der Waals surface area contributed by atoms with Crippen LogP contribution in [0, 0.1) is 0 Å². The highest BCUT2D eigenvalue weighted by atomic mass is 16.4. The molecule has 148 valence electrons. The summed E-state index contributed by atoms with van der Waals surface area (Å²) in [5.74, 6) is -0.585. The van der Waals surface area contributed by atoms with Crippen molar-refractivity contribution in [2.24, 2.45) is 0 Å². The molecule has 1 aromatic rings. The number of aromatic carboxylic acids is 1. The first-order chi connectivity index (χ1) is 12.4. The van der Waals surface area contributed by atoms with Gasteiger partial charge in [-0.15, -0.1) is 0 Å². The number of hydrogen-bond donors (Lipinski definition) is 2. The number of hydrogen-bond acceptors (Lipinski definition) is 2. The fourth-order valence-corrected chi connectivity index (χ4v) is 3.58. The molecule has 2 N–H and O–H groups in total. The van der Waals surface area contributed by atoms with Crippen LogP contribution in [0.1, 0.15) is 125 Å². The van der Waals surface area contributed by atoms with Gasteiger partial charge in [-0.2, -0.15) is 0 Å². The number of carboxylic acid groups (broad SMARTS) is 1. The van der Waals surface area contributed by atoms with Gasteiger partial charge in [0.05, 0.1) is 0 Å². The molecule has 0 heterocycles. The topological polar surface area (TPSA) is 57.5 Å². The minimum Gasteiger partial charge on any atom is -0.507 e. The molecule has 2 atom stereocenters. The number of phenols is 1. The van der Waals surface area contributed by atoms with Crippen molar-refractivity contribution in [3.8, 4) is 5.75 Å². The quantitative estimate of drug-likeness (QED) is 0.364. The van der Waals surface area contributed by atoms with E-state index in [9.17, 15) is 15.0 Å². The summed E-state index contributed by atoms with van der Waals surface area (Å²) in [7, 11) is 0. The Morgan fingerprint density at radius 3 is 1.92 bits per heavy atom. The Morgan fingerprint density at radius 1 is 0.885 bits per heavy atom. The Bertz CT molecular complexity index is 551. The molecular formula is C23H38O3. The molecular weight excluding hydrogens is 324 g/mol. The molecule has 0 saturated heterocycles. The van der Waals surface area contributed by atoms with Crippen molar-refractivity contribution >= 4 is 5.97 Å². The first kappa shape index (κ1) is 22.5. The molecule has 2 unspecified atom stereocenters. The van der Waals surface area contributed by atoms with Crippen molar-refractivity contribution in [3.63, 3.8) is 0 Å². The summed E-state index contributed by atoms with van der Waals surface area (Å²) in [4.78, 5) is 11.6. The zero-order chi connectivity index (χ0) is 19.5. The molecule has 0 aliphatic carbocycles. The lowest BCUT2D eigenvalue weighted by molar-refractivity contribution is 0.0693. The fourth-order valence-electron chi connectivity index (χ4n) is 3.58. The summed E-state index contributed by atoms with van der Waals surface area (Å²) < 4.78 is 0. The molecule has 1 aromatic carbocycles. The third-order valence-corrected chi connectivity index (χ3v) is 5.47. The summed E-state index contributed by atoms with van der Waals surface area (Å²) in [6, 6.07) is 3.73. The van der Waals surface area contributed by atoms with E-state index >= 15 is 0 Å². The first-order valence-corrected chi connectivity index (χ1v) is 10.5. The molecule has 1 rings (SSSR count). The molecule has 3 heteroatoms. The summed E-state index contributed by atoms with van der Waals surface area (Å²) in [5, 5.41) is 20.0. The van der Waals surface area contributed by atoms with Gasteiger partial charge in [-0.1, -0.05) is 85.1 Å². The van der Waals surface area contributed by atoms with Gasteiger partial charge in [-0.05, 0) is 41.9 Å². The van der Waals surface area contributed by atoms with Crippen molar-refractivity contribution in [1.29, 1.82) is 0 Å². The molecule has 3 nitrogen and oxygen atoms in total. The average Bonchev–Trinajstić information content (AvgIpc) is 2.62. The summed E-state index contributed by atoms with van der Waals surface area (Å²) >= 11 is 0. The van der Waals surface area contributed by atoms with Crippen LogP contribution in [-0.4, -0.2) is 16.2 Å². The third kappa shape index (κ3) is 7.01. The van der Waals surface area contributed by atoms with Gasteiger partial charge in [-0.25, -0.2) is 4.79 Å². The first-order valence-electron chi connectivity index (χ1n) is 10.5. The van der Waals surface area contributed by atoms with Crippen LogP contribution in [-0.2, 0) is 0 Å². The molecule has 0 radical (unpaired) electrons. The number of benzene rings is 1. The van der Waals surface area contributed by atoms with Gasteiger partial charge in [0.15, 0.2) is 0 Å². The van der Waals surface area contributed by atoms with Crippen LogP contribution in [0.15, 0.2) is 12.1 Å². The summed E-state index contributed by atoms with van der Waals surface area (Å²) in [5.41, 5.74) is 1.90. The zero-order valence-corrected chi connectivity index (χ0v) is 17.2. The van der Waals surface area contributed by atoms with Crippen molar-refractivity contribution in [3.05, 3.63) is 28.8 Å². The molecule has 0 aromatic heterocycles. The van der Waals surface area contributed by atoms with Gasteiger partial charge < -0.3 is 10.2 Å². The van der Waals surface area contributed by atoms with Gasteiger partial charge in [0, 0.05) is 0 Å². The Kier molecular flexibility index (Phi) is 10.4. The SMILES string of the molecule is CCCCCCC(C)c1cc(C(=O)O)c(O)c(C(C)CCCCCC)c1. The van der Waals surface area contributed by atoms with Crippen LogP contribution in [0.2, 0.25) is 0 Å². The molecule has 0 amide bonds. The minimum absolute atomic E-state index is 0.0394. The van der Waals surface area contributed by atoms with E-state index in [4.69, 9.17) is 0 Å². The van der Waals surface area contributed by atoms with Crippen molar-refractivity contribution < 1.29 is 15.0 Å². The van der Waals surface area contributed by atoms with Crippen LogP contribution >= 0.6 is 0 Å². The predicted octanol–water partition coefficient (Wildman–Crippen LogP) is 7.24. The molecule has 0 bridgehead atoms. The normalized spacial score (nSPS) is 13.5. The van der Waals surface area contributed by atoms with Gasteiger partial charge in [0.2, 0.25) is 0 Å². The van der Waals surface area contributed by atoms with Gasteiger partial charge in [0.1, 0.15) is 11.3 Å². The van der Waals surface area contributed by atoms with E-state index < -0.39 is 5.97 Å². The Hall–Kier alpha value is -1.51. The number of carboxylic acids is 1. The monoisotopic (exact) mass is 362 g/mol. The zero-order valence-electron chi connectivity index (χ0n) is 17.2. The highest BCUT2D eigenvalue weighted by Gasteiger charge is 2.21. The number of unbranched alkanes of at least 4 members (excludes halogenated alkanes) is 6. The number of rotatable bonds is 13. The number of aromatic hydroxyl groups is 1. The maximum atomic E-state index is 11.6. The van der Waals surface area contributed by atoms with E-state index in [-0.39, 0.29) is 17.2 Å². The summed E-state index contributed by atoms with van der Waals surface area (Å²) in [6.45, 7) is 8.67. The van der Waals surface area contributed by atoms with Crippen LogP contribution in [0.4, 0.5) is 0 Å². The van der Waals surface area contributed by atoms with Gasteiger partial charge >= 0.3 is 5.97 Å². The van der Waals surface area contributed by atoms with E-state index in [0.717, 1.165) is 30.4 Å². The summed E-state index contributed by atoms with van der Waals surface area (Å²) in [6.07, 6.45) is 11.7. The van der Waals surface area contributed by atoms with Crippen molar-refractivity contribution in [1.82, 2.24) is 0 Å². The average molecular weight is 363 g/mol. The lowest BCUT2D eigenvalue weighted by Crippen LogP contribution is -2.06. The van der Waals surface area contributed by atoms with E-state index in [1.165, 1.54) is 44.9 Å². The van der Waals surface area contributed by atoms with Crippen LogP contribution in [0.3, 0.4) is 0 Å². The lowest BCUT2D eigenvalue weighted by Gasteiger charge is -2.20. The Balaban J connectivity index is 2.94. The van der Waals surface area contributed by atoms with Crippen molar-refractivity contribution in [2.45, 2.75) is 104 Å². The molecule has 26 heavy (non-hydrogen) atoms. The molecule has 0 aliphatic heterocycles. The second kappa shape index (κ2) is 12.0. The second-order valence-corrected chi connectivity index (χ2v) is 7.81. The van der Waals surface area contributed by atoms with E-state index in [2.05, 4.69) is 33.8 Å². The molecule has 0 fully saturated rings. The minimum atomic E-state index is -1.04. The molecule has 0 spiro atoms. The largest absolute Gasteiger partial charge is 0.507 e. The Morgan fingerprint density at radius 2 is 1.42 bits per heavy atom. The lowest BCUT2D eigenvalue weighted by atomic mass is 9.86. The fraction of sp³-hybridized carbons (Fsp3) is 0.696. The highest BCUT2D eigenvalue weighted by molar-refractivity contribution is 5.91. The smallest absolute Gasteiger partial charge is 0.339 e. The van der Waals surface area contributed by atoms with Crippen LogP contribution < -0.4 is 0 Å². The number of carbonyl (C=O) groups is 1. The van der Waals surface area contributed by atoms with Gasteiger partial charge in [-0.3, -0.25) is 0 Å². The molecule has 0 saturated carbocycles. The van der Waals surface area contributed by atoms with Crippen LogP contribution in [0.5, 0.6) is 5.75 Å².